The van der Waals surface area contributed by atoms with Gasteiger partial charge in [-0.1, -0.05) is 109 Å². The number of hydrogen-bond donors (Lipinski definition) is 1. The topological polar surface area (TPSA) is 18.5 Å². The van der Waals surface area contributed by atoms with Crippen molar-refractivity contribution in [1.29, 1.82) is 0 Å². The highest BCUT2D eigenvalue weighted by Gasteiger charge is 2.21. The summed E-state index contributed by atoms with van der Waals surface area (Å²) < 4.78 is 0. The van der Waals surface area contributed by atoms with Crippen LogP contribution in [0.3, 0.4) is 0 Å². The fourth-order valence-electron chi connectivity index (χ4n) is 5.81. The van der Waals surface area contributed by atoms with Crippen LogP contribution in [0.15, 0.2) is 122 Å². The first-order chi connectivity index (χ1) is 19.8. The van der Waals surface area contributed by atoms with E-state index in [1.807, 2.05) is 0 Å². The van der Waals surface area contributed by atoms with Gasteiger partial charge < -0.3 is 15.1 Å². The summed E-state index contributed by atoms with van der Waals surface area (Å²) in [6, 6.07) is 40.8. The Morgan fingerprint density at radius 3 is 1.40 bits per heavy atom. The van der Waals surface area contributed by atoms with Crippen LogP contribution in [0.5, 0.6) is 0 Å². The molecule has 2 bridgehead atoms. The molecule has 0 radical (unpaired) electrons. The molecule has 0 spiro atoms. The fraction of sp³-hybridized carbons (Fsp3) is 0.257. The Labute approximate surface area is 242 Å². The van der Waals surface area contributed by atoms with E-state index in [-0.39, 0.29) is 0 Å². The maximum atomic E-state index is 3.88. The van der Waals surface area contributed by atoms with Gasteiger partial charge >= 0.3 is 0 Å². The quantitative estimate of drug-likeness (QED) is 0.347. The molecule has 1 N–H and O–H groups in total. The summed E-state index contributed by atoms with van der Waals surface area (Å²) in [6.45, 7) is 5.16. The lowest BCUT2D eigenvalue weighted by molar-refractivity contribution is 0.269. The van der Waals surface area contributed by atoms with E-state index in [0.717, 1.165) is 58.0 Å². The molecule has 204 valence electrons. The van der Waals surface area contributed by atoms with Crippen molar-refractivity contribution in [1.82, 2.24) is 15.1 Å². The number of nitrogens with zero attached hydrogens (tertiary/aromatic N) is 2. The summed E-state index contributed by atoms with van der Waals surface area (Å²) in [6.07, 6.45) is 9.07. The summed E-state index contributed by atoms with van der Waals surface area (Å²) in [5, 5.41) is 9.94. The Bertz CT molecular complexity index is 1290. The highest BCUT2D eigenvalue weighted by molar-refractivity contribution is 7.73. The van der Waals surface area contributed by atoms with Crippen LogP contribution >= 0.6 is 15.8 Å². The van der Waals surface area contributed by atoms with Crippen molar-refractivity contribution in [3.05, 3.63) is 133 Å². The zero-order valence-electron chi connectivity index (χ0n) is 23.2. The summed E-state index contributed by atoms with van der Waals surface area (Å²) in [7, 11) is -0.844. The zero-order valence-corrected chi connectivity index (χ0v) is 25.0. The van der Waals surface area contributed by atoms with Gasteiger partial charge in [0.05, 0.1) is 6.67 Å². The van der Waals surface area contributed by atoms with Gasteiger partial charge in [-0.25, -0.2) is 0 Å². The SMILES string of the molecule is C1=CN2CCc3ccccc3P(c3ccccc3)CCNCCP(c3ccccc3)c3ccccc3CCN1C2. The third kappa shape index (κ3) is 6.67. The van der Waals surface area contributed by atoms with Crippen LogP contribution in [0.25, 0.3) is 0 Å². The van der Waals surface area contributed by atoms with Crippen LogP contribution in [0.4, 0.5) is 0 Å². The molecule has 40 heavy (non-hydrogen) atoms. The predicted octanol–water partition coefficient (Wildman–Crippen LogP) is 4.99. The first-order valence-corrected chi connectivity index (χ1v) is 17.6. The normalized spacial score (nSPS) is 20.3. The van der Waals surface area contributed by atoms with Crippen LogP contribution < -0.4 is 26.5 Å². The minimum Gasteiger partial charge on any atom is -0.358 e. The Kier molecular flexibility index (Phi) is 9.26. The number of benzene rings is 4. The number of hydrogen-bond acceptors (Lipinski definition) is 3. The molecular formula is C35H39N3P2. The molecule has 3 nitrogen and oxygen atoms in total. The number of nitrogens with one attached hydrogen (secondary N) is 1. The van der Waals surface area contributed by atoms with E-state index in [2.05, 4.69) is 137 Å². The minimum atomic E-state index is -0.422. The maximum Gasteiger partial charge on any atom is 0.0893 e. The van der Waals surface area contributed by atoms with Gasteiger partial charge in [0, 0.05) is 25.5 Å². The van der Waals surface area contributed by atoms with Crippen LogP contribution in [0.1, 0.15) is 11.1 Å². The second-order valence-electron chi connectivity index (χ2n) is 10.5. The van der Waals surface area contributed by atoms with Crippen molar-refractivity contribution in [3.63, 3.8) is 0 Å². The molecule has 5 heteroatoms. The highest BCUT2D eigenvalue weighted by atomic mass is 31.1. The smallest absolute Gasteiger partial charge is 0.0893 e. The summed E-state index contributed by atoms with van der Waals surface area (Å²) >= 11 is 0. The zero-order chi connectivity index (χ0) is 27.0. The molecule has 0 saturated heterocycles. The van der Waals surface area contributed by atoms with Gasteiger partial charge in [0.15, 0.2) is 0 Å². The van der Waals surface area contributed by atoms with E-state index in [0.29, 0.717) is 0 Å². The van der Waals surface area contributed by atoms with Crippen molar-refractivity contribution >= 4 is 37.1 Å². The first kappa shape index (κ1) is 27.2. The monoisotopic (exact) mass is 563 g/mol. The molecule has 2 atom stereocenters. The van der Waals surface area contributed by atoms with Crippen LogP contribution in [0.2, 0.25) is 0 Å². The van der Waals surface area contributed by atoms with Crippen molar-refractivity contribution in [2.24, 2.45) is 0 Å². The first-order valence-electron chi connectivity index (χ1n) is 14.5. The molecule has 0 aromatic heterocycles. The third-order valence-electron chi connectivity index (χ3n) is 7.91. The van der Waals surface area contributed by atoms with Gasteiger partial charge in [-0.15, -0.1) is 0 Å². The molecule has 2 unspecified atom stereocenters. The second-order valence-corrected chi connectivity index (χ2v) is 15.1. The molecule has 2 heterocycles. The van der Waals surface area contributed by atoms with Gasteiger partial charge in [0.25, 0.3) is 0 Å². The average molecular weight is 564 g/mol. The molecule has 2 aliphatic heterocycles. The van der Waals surface area contributed by atoms with Crippen LogP contribution in [-0.2, 0) is 12.8 Å². The van der Waals surface area contributed by atoms with E-state index < -0.39 is 15.8 Å². The molecule has 0 aliphatic carbocycles. The molecular weight excluding hydrogens is 524 g/mol. The highest BCUT2D eigenvalue weighted by Crippen LogP contribution is 2.36. The summed E-state index contributed by atoms with van der Waals surface area (Å²) in [5.41, 5.74) is 3.01. The average Bonchev–Trinajstić information content (AvgIpc) is 3.48. The lowest BCUT2D eigenvalue weighted by Gasteiger charge is -2.26. The van der Waals surface area contributed by atoms with E-state index in [4.69, 9.17) is 0 Å². The maximum absolute atomic E-state index is 3.88. The van der Waals surface area contributed by atoms with Crippen LogP contribution in [-0.4, -0.2) is 55.0 Å². The van der Waals surface area contributed by atoms with E-state index in [1.165, 1.54) is 21.7 Å². The molecule has 6 rings (SSSR count). The molecule has 0 fully saturated rings. The van der Waals surface area contributed by atoms with Gasteiger partial charge in [-0.05, 0) is 86.4 Å². The van der Waals surface area contributed by atoms with Gasteiger partial charge in [0.1, 0.15) is 0 Å². The van der Waals surface area contributed by atoms with Gasteiger partial charge in [-0.3, -0.25) is 0 Å². The summed E-state index contributed by atoms with van der Waals surface area (Å²) in [5.74, 6) is 0. The van der Waals surface area contributed by atoms with Crippen molar-refractivity contribution in [2.75, 3.05) is 45.2 Å². The largest absolute Gasteiger partial charge is 0.358 e. The fourth-order valence-corrected chi connectivity index (χ4v) is 10.8. The molecule has 4 aromatic carbocycles. The Balaban J connectivity index is 1.29. The van der Waals surface area contributed by atoms with Crippen LogP contribution in [0, 0.1) is 0 Å². The number of rotatable bonds is 2. The standard InChI is InChI=1S/C35H39N3P2/c1-3-13-32(14-4-1)39-27-21-36-22-28-40(33-15-5-2-6-16-33)35-18-10-8-12-31(35)20-24-38-26-25-37(29-38)23-19-30-11-7-9-17-34(30)39/h1-18,25-26,36H,19-24,27-29H2. The molecule has 4 aromatic rings. The van der Waals surface area contributed by atoms with Crippen molar-refractivity contribution < 1.29 is 0 Å². The lowest BCUT2D eigenvalue weighted by atomic mass is 10.1. The third-order valence-corrected chi connectivity index (χ3v) is 13.1. The Hall–Kier alpha value is -2.96. The second kappa shape index (κ2) is 13.6. The van der Waals surface area contributed by atoms with Gasteiger partial charge in [0.2, 0.25) is 0 Å². The van der Waals surface area contributed by atoms with E-state index >= 15 is 0 Å². The molecule has 0 amide bonds. The molecule has 2 aliphatic rings. The Morgan fingerprint density at radius 1 is 0.500 bits per heavy atom. The predicted molar refractivity (Wildman–Crippen MR) is 176 cm³/mol. The van der Waals surface area contributed by atoms with Crippen molar-refractivity contribution in [2.45, 2.75) is 12.8 Å². The lowest BCUT2D eigenvalue weighted by Crippen LogP contribution is -2.31. The number of fused-ring (bicyclic) bond motifs is 4. The molecule has 0 saturated carbocycles. The van der Waals surface area contributed by atoms with Gasteiger partial charge in [-0.2, -0.15) is 0 Å². The Morgan fingerprint density at radius 2 is 0.925 bits per heavy atom. The summed E-state index contributed by atoms with van der Waals surface area (Å²) in [4.78, 5) is 4.96. The minimum absolute atomic E-state index is 0.422. The van der Waals surface area contributed by atoms with Crippen molar-refractivity contribution in [3.8, 4) is 0 Å². The van der Waals surface area contributed by atoms with E-state index in [9.17, 15) is 0 Å². The van der Waals surface area contributed by atoms with E-state index in [1.54, 1.807) is 10.6 Å².